The zero-order valence-corrected chi connectivity index (χ0v) is 7.16. The predicted molar refractivity (Wildman–Crippen MR) is 43.0 cm³/mol. The largest absolute Gasteiger partial charge is 0.480 e. The maximum Gasteiger partial charge on any atom is 0.322 e. The highest BCUT2D eigenvalue weighted by Gasteiger charge is 2.30. The van der Waals surface area contributed by atoms with Gasteiger partial charge in [-0.3, -0.25) is 4.79 Å². The molecule has 0 rings (SSSR count). The monoisotopic (exact) mass is 160 g/mol. The van der Waals surface area contributed by atoms with Gasteiger partial charge in [-0.05, 0) is 5.41 Å². The zero-order valence-electron chi connectivity index (χ0n) is 7.16. The van der Waals surface area contributed by atoms with Crippen molar-refractivity contribution in [3.63, 3.8) is 0 Å². The molecule has 0 heterocycles. The van der Waals surface area contributed by atoms with Crippen LogP contribution in [-0.2, 0) is 4.79 Å². The van der Waals surface area contributed by atoms with Crippen LogP contribution >= 0.6 is 0 Å². The van der Waals surface area contributed by atoms with E-state index in [2.05, 4.69) is 0 Å². The van der Waals surface area contributed by atoms with Gasteiger partial charge in [-0.25, -0.2) is 0 Å². The lowest BCUT2D eigenvalue weighted by Gasteiger charge is -2.29. The third-order valence-corrected chi connectivity index (χ3v) is 1.67. The van der Waals surface area contributed by atoms with E-state index in [-0.39, 0.29) is 5.41 Å². The number of nitrogens with two attached hydrogens (primary N) is 2. The fourth-order valence-electron chi connectivity index (χ4n) is 0.692. The van der Waals surface area contributed by atoms with Crippen molar-refractivity contribution in [1.82, 2.24) is 0 Å². The van der Waals surface area contributed by atoms with Crippen LogP contribution in [0.3, 0.4) is 0 Å². The van der Waals surface area contributed by atoms with Gasteiger partial charge in [0.25, 0.3) is 0 Å². The van der Waals surface area contributed by atoms with E-state index in [1.54, 1.807) is 0 Å². The SMILES string of the molecule is CC(C)(C)C(N)[C@H](N)C(=O)O. The molecule has 0 bridgehead atoms. The molecule has 2 atom stereocenters. The van der Waals surface area contributed by atoms with E-state index in [9.17, 15) is 4.79 Å². The Morgan fingerprint density at radius 1 is 1.36 bits per heavy atom. The molecule has 0 spiro atoms. The average molecular weight is 160 g/mol. The van der Waals surface area contributed by atoms with Crippen LogP contribution in [0.25, 0.3) is 0 Å². The first-order valence-electron chi connectivity index (χ1n) is 3.51. The molecule has 0 saturated heterocycles. The van der Waals surface area contributed by atoms with Crippen LogP contribution in [0.4, 0.5) is 0 Å². The summed E-state index contributed by atoms with van der Waals surface area (Å²) in [5, 5.41) is 8.51. The van der Waals surface area contributed by atoms with Crippen LogP contribution in [0.2, 0.25) is 0 Å². The fourth-order valence-corrected chi connectivity index (χ4v) is 0.692. The van der Waals surface area contributed by atoms with Gasteiger partial charge in [-0.15, -0.1) is 0 Å². The first-order chi connectivity index (χ1) is 4.76. The summed E-state index contributed by atoms with van der Waals surface area (Å²) in [6.07, 6.45) is 0. The summed E-state index contributed by atoms with van der Waals surface area (Å²) in [4.78, 5) is 10.4. The summed E-state index contributed by atoms with van der Waals surface area (Å²) >= 11 is 0. The Bertz CT molecular complexity index is 151. The quantitative estimate of drug-likeness (QED) is 0.520. The van der Waals surface area contributed by atoms with Gasteiger partial charge in [-0.1, -0.05) is 20.8 Å². The van der Waals surface area contributed by atoms with Crippen LogP contribution in [0.15, 0.2) is 0 Å². The predicted octanol–water partition coefficient (Wildman–Crippen LogP) is -0.228. The molecule has 4 heteroatoms. The Morgan fingerprint density at radius 3 is 1.82 bits per heavy atom. The van der Waals surface area contributed by atoms with Crippen molar-refractivity contribution in [2.45, 2.75) is 32.9 Å². The van der Waals surface area contributed by atoms with E-state index in [1.165, 1.54) is 0 Å². The topological polar surface area (TPSA) is 89.3 Å². The molecule has 0 aromatic carbocycles. The van der Waals surface area contributed by atoms with Crippen LogP contribution in [-0.4, -0.2) is 23.2 Å². The Hall–Kier alpha value is -0.610. The normalized spacial score (nSPS) is 17.5. The van der Waals surface area contributed by atoms with Crippen molar-refractivity contribution in [3.8, 4) is 0 Å². The number of aliphatic carboxylic acids is 1. The molecular weight excluding hydrogens is 144 g/mol. The van der Waals surface area contributed by atoms with E-state index >= 15 is 0 Å². The minimum absolute atomic E-state index is 0.266. The zero-order chi connectivity index (χ0) is 9.23. The van der Waals surface area contributed by atoms with Gasteiger partial charge in [0.05, 0.1) is 0 Å². The van der Waals surface area contributed by atoms with Gasteiger partial charge in [0.15, 0.2) is 0 Å². The van der Waals surface area contributed by atoms with Crippen molar-refractivity contribution in [1.29, 1.82) is 0 Å². The minimum atomic E-state index is -1.05. The highest BCUT2D eigenvalue weighted by Crippen LogP contribution is 2.18. The van der Waals surface area contributed by atoms with E-state index < -0.39 is 18.1 Å². The molecule has 0 aliphatic heterocycles. The van der Waals surface area contributed by atoms with E-state index in [0.29, 0.717) is 0 Å². The Kier molecular flexibility index (Phi) is 3.02. The summed E-state index contributed by atoms with van der Waals surface area (Å²) in [5.41, 5.74) is 10.6. The molecule has 1 unspecified atom stereocenters. The maximum atomic E-state index is 10.4. The summed E-state index contributed by atoms with van der Waals surface area (Å²) in [5.74, 6) is -1.05. The highest BCUT2D eigenvalue weighted by molar-refractivity contribution is 5.74. The number of carbonyl (C=O) groups is 1. The third kappa shape index (κ3) is 2.86. The smallest absolute Gasteiger partial charge is 0.322 e. The minimum Gasteiger partial charge on any atom is -0.480 e. The van der Waals surface area contributed by atoms with Crippen LogP contribution in [0.1, 0.15) is 20.8 Å². The van der Waals surface area contributed by atoms with E-state index in [1.807, 2.05) is 20.8 Å². The van der Waals surface area contributed by atoms with Crippen molar-refractivity contribution in [2.24, 2.45) is 16.9 Å². The molecule has 0 amide bonds. The summed E-state index contributed by atoms with van der Waals surface area (Å²) in [6, 6.07) is -1.49. The standard InChI is InChI=1S/C7H16N2O2/c1-7(2,3)5(9)4(8)6(10)11/h4-5H,8-9H2,1-3H3,(H,10,11)/t4-,5?/m0/s1. The van der Waals surface area contributed by atoms with Crippen LogP contribution in [0, 0.1) is 5.41 Å². The van der Waals surface area contributed by atoms with Crippen molar-refractivity contribution in [3.05, 3.63) is 0 Å². The number of hydrogen-bond donors (Lipinski definition) is 3. The fraction of sp³-hybridized carbons (Fsp3) is 0.857. The van der Waals surface area contributed by atoms with Gasteiger partial charge in [-0.2, -0.15) is 0 Å². The third-order valence-electron chi connectivity index (χ3n) is 1.67. The van der Waals surface area contributed by atoms with Crippen molar-refractivity contribution >= 4 is 5.97 Å². The van der Waals surface area contributed by atoms with Crippen molar-refractivity contribution in [2.75, 3.05) is 0 Å². The Morgan fingerprint density at radius 2 is 1.73 bits per heavy atom. The number of carboxylic acids is 1. The summed E-state index contributed by atoms with van der Waals surface area (Å²) < 4.78 is 0. The second-order valence-electron chi connectivity index (χ2n) is 3.76. The van der Waals surface area contributed by atoms with Crippen molar-refractivity contribution < 1.29 is 9.90 Å². The molecule has 11 heavy (non-hydrogen) atoms. The van der Waals surface area contributed by atoms with Crippen LogP contribution < -0.4 is 11.5 Å². The second kappa shape index (κ2) is 3.19. The lowest BCUT2D eigenvalue weighted by atomic mass is 9.83. The lowest BCUT2D eigenvalue weighted by molar-refractivity contribution is -0.139. The first-order valence-corrected chi connectivity index (χ1v) is 3.51. The molecule has 0 aliphatic carbocycles. The number of rotatable bonds is 2. The molecular formula is C7H16N2O2. The number of hydrogen-bond acceptors (Lipinski definition) is 3. The molecule has 0 aromatic rings. The van der Waals surface area contributed by atoms with Crippen LogP contribution in [0.5, 0.6) is 0 Å². The molecule has 0 aliphatic rings. The Labute approximate surface area is 66.6 Å². The maximum absolute atomic E-state index is 10.4. The summed E-state index contributed by atoms with van der Waals surface area (Å²) in [7, 11) is 0. The molecule has 5 N–H and O–H groups in total. The molecule has 4 nitrogen and oxygen atoms in total. The summed E-state index contributed by atoms with van der Waals surface area (Å²) in [6.45, 7) is 5.58. The average Bonchev–Trinajstić information content (AvgIpc) is 1.82. The lowest BCUT2D eigenvalue weighted by Crippen LogP contribution is -2.53. The van der Waals surface area contributed by atoms with Gasteiger partial charge < -0.3 is 16.6 Å². The van der Waals surface area contributed by atoms with Gasteiger partial charge in [0.2, 0.25) is 0 Å². The Balaban J connectivity index is 4.25. The van der Waals surface area contributed by atoms with Gasteiger partial charge in [0.1, 0.15) is 6.04 Å². The van der Waals surface area contributed by atoms with Gasteiger partial charge in [0, 0.05) is 6.04 Å². The number of carboxylic acid groups (broad SMARTS) is 1. The molecule has 0 saturated carbocycles. The van der Waals surface area contributed by atoms with E-state index in [4.69, 9.17) is 16.6 Å². The first kappa shape index (κ1) is 10.4. The molecule has 66 valence electrons. The molecule has 0 fully saturated rings. The van der Waals surface area contributed by atoms with E-state index in [0.717, 1.165) is 0 Å². The highest BCUT2D eigenvalue weighted by atomic mass is 16.4. The second-order valence-corrected chi connectivity index (χ2v) is 3.76. The molecule has 0 aromatic heterocycles. The molecule has 0 radical (unpaired) electrons. The van der Waals surface area contributed by atoms with Gasteiger partial charge >= 0.3 is 5.97 Å².